The quantitative estimate of drug-likeness (QED) is 0.0346. The molecule has 0 aromatic rings. The summed E-state index contributed by atoms with van der Waals surface area (Å²) >= 11 is 0. The van der Waals surface area contributed by atoms with Crippen molar-refractivity contribution in [1.29, 1.82) is 0 Å². The number of rotatable bonds is 49. The van der Waals surface area contributed by atoms with Gasteiger partial charge in [0.25, 0.3) is 0 Å². The van der Waals surface area contributed by atoms with Gasteiger partial charge in [-0.05, 0) is 83.5 Å². The van der Waals surface area contributed by atoms with Gasteiger partial charge in [-0.2, -0.15) is 0 Å². The first kappa shape index (κ1) is 59.6. The van der Waals surface area contributed by atoms with E-state index < -0.39 is 6.10 Å². The highest BCUT2D eigenvalue weighted by Gasteiger charge is 2.17. The Kier molecular flexibility index (Phi) is 50.9. The Hall–Kier alpha value is -2.40. The largest absolute Gasteiger partial charge is 0.462 e. The van der Waals surface area contributed by atoms with Crippen molar-refractivity contribution in [2.75, 3.05) is 19.8 Å². The van der Waals surface area contributed by atoms with Crippen LogP contribution in [0.15, 0.2) is 60.8 Å². The van der Waals surface area contributed by atoms with Crippen LogP contribution in [0.4, 0.5) is 0 Å². The summed E-state index contributed by atoms with van der Waals surface area (Å²) in [6.07, 6.45) is 66.6. The van der Waals surface area contributed by atoms with Gasteiger partial charge in [0.05, 0.1) is 6.61 Å². The summed E-state index contributed by atoms with van der Waals surface area (Å²) in [5, 5.41) is 0. The third-order valence-corrected chi connectivity index (χ3v) is 11.5. The first-order valence-corrected chi connectivity index (χ1v) is 26.8. The number of carbonyl (C=O) groups is 2. The van der Waals surface area contributed by atoms with E-state index in [9.17, 15) is 9.59 Å². The minimum atomic E-state index is -0.559. The Balaban J connectivity index is 4.32. The van der Waals surface area contributed by atoms with E-state index in [1.165, 1.54) is 148 Å². The summed E-state index contributed by atoms with van der Waals surface area (Å²) in [6, 6.07) is 0. The van der Waals surface area contributed by atoms with Gasteiger partial charge in [-0.1, -0.05) is 229 Å². The van der Waals surface area contributed by atoms with Crippen LogP contribution in [0.3, 0.4) is 0 Å². The molecule has 360 valence electrons. The predicted octanol–water partition coefficient (Wildman–Crippen LogP) is 18.1. The summed E-state index contributed by atoms with van der Waals surface area (Å²) in [5.41, 5.74) is 0. The SMILES string of the molecule is CC/C=C\C/C=C\C/C=C\C/C=C\CCCCC(=O)O[C@H](COCCCCCCCCCCCCCCCCCC)COC(=O)CCCCCCC/C=C\CCCCCCCC. The van der Waals surface area contributed by atoms with Gasteiger partial charge in [-0.25, -0.2) is 0 Å². The van der Waals surface area contributed by atoms with Crippen LogP contribution in [0.1, 0.15) is 265 Å². The zero-order chi connectivity index (χ0) is 44.9. The molecule has 0 radical (unpaired) electrons. The molecule has 0 aromatic carbocycles. The van der Waals surface area contributed by atoms with E-state index >= 15 is 0 Å². The molecule has 0 aromatic heterocycles. The summed E-state index contributed by atoms with van der Waals surface area (Å²) in [4.78, 5) is 25.4. The normalized spacial score (nSPS) is 12.6. The molecule has 0 amide bonds. The zero-order valence-electron chi connectivity index (χ0n) is 41.4. The number of ether oxygens (including phenoxy) is 3. The van der Waals surface area contributed by atoms with E-state index in [-0.39, 0.29) is 25.2 Å². The molecule has 0 aliphatic rings. The van der Waals surface area contributed by atoms with Gasteiger partial charge in [0.1, 0.15) is 6.61 Å². The van der Waals surface area contributed by atoms with Crippen LogP contribution in [0, 0.1) is 0 Å². The molecule has 0 aliphatic heterocycles. The number of unbranched alkanes of at least 4 members (excludes halogenated alkanes) is 28. The Labute approximate surface area is 385 Å². The molecular weight excluding hydrogens is 765 g/mol. The van der Waals surface area contributed by atoms with Gasteiger partial charge >= 0.3 is 11.9 Å². The molecule has 0 spiro atoms. The lowest BCUT2D eigenvalue weighted by molar-refractivity contribution is -0.163. The van der Waals surface area contributed by atoms with Gasteiger partial charge in [0, 0.05) is 19.4 Å². The van der Waals surface area contributed by atoms with E-state index in [0.717, 1.165) is 83.5 Å². The molecule has 5 nitrogen and oxygen atoms in total. The van der Waals surface area contributed by atoms with Crippen LogP contribution in [0.2, 0.25) is 0 Å². The average molecular weight is 867 g/mol. The Morgan fingerprint density at radius 2 is 0.726 bits per heavy atom. The average Bonchev–Trinajstić information content (AvgIpc) is 3.27. The molecule has 0 bridgehead atoms. The fourth-order valence-corrected chi connectivity index (χ4v) is 7.56. The first-order chi connectivity index (χ1) is 30.6. The monoisotopic (exact) mass is 867 g/mol. The predicted molar refractivity (Wildman–Crippen MR) is 270 cm³/mol. The smallest absolute Gasteiger partial charge is 0.306 e. The Morgan fingerprint density at radius 3 is 1.21 bits per heavy atom. The van der Waals surface area contributed by atoms with Crippen LogP contribution < -0.4 is 0 Å². The van der Waals surface area contributed by atoms with Crippen LogP contribution in [0.5, 0.6) is 0 Å². The zero-order valence-corrected chi connectivity index (χ0v) is 41.4. The third kappa shape index (κ3) is 50.2. The maximum Gasteiger partial charge on any atom is 0.306 e. The number of allylic oxidation sites excluding steroid dienone is 10. The summed E-state index contributed by atoms with van der Waals surface area (Å²) in [6.45, 7) is 7.69. The molecule has 1 atom stereocenters. The number of esters is 2. The maximum absolute atomic E-state index is 12.8. The van der Waals surface area contributed by atoms with Crippen molar-refractivity contribution in [3.63, 3.8) is 0 Å². The third-order valence-electron chi connectivity index (χ3n) is 11.5. The van der Waals surface area contributed by atoms with E-state index in [1.54, 1.807) is 0 Å². The minimum absolute atomic E-state index is 0.0660. The molecule has 0 saturated heterocycles. The lowest BCUT2D eigenvalue weighted by atomic mass is 10.0. The highest BCUT2D eigenvalue weighted by molar-refractivity contribution is 5.70. The fourth-order valence-electron chi connectivity index (χ4n) is 7.56. The van der Waals surface area contributed by atoms with Crippen LogP contribution in [-0.4, -0.2) is 37.9 Å². The Bertz CT molecular complexity index is 1070. The lowest BCUT2D eigenvalue weighted by Gasteiger charge is -2.18. The second-order valence-corrected chi connectivity index (χ2v) is 17.8. The van der Waals surface area contributed by atoms with Gasteiger partial charge in [0.15, 0.2) is 6.10 Å². The molecule has 0 rings (SSSR count). The molecule has 62 heavy (non-hydrogen) atoms. The van der Waals surface area contributed by atoms with Crippen LogP contribution >= 0.6 is 0 Å². The molecular formula is C57H102O5. The van der Waals surface area contributed by atoms with E-state index in [2.05, 4.69) is 81.5 Å². The van der Waals surface area contributed by atoms with E-state index in [4.69, 9.17) is 14.2 Å². The highest BCUT2D eigenvalue weighted by atomic mass is 16.6. The van der Waals surface area contributed by atoms with Crippen LogP contribution in [-0.2, 0) is 23.8 Å². The summed E-state index contributed by atoms with van der Waals surface area (Å²) < 4.78 is 17.4. The number of hydrogen-bond acceptors (Lipinski definition) is 5. The second kappa shape index (κ2) is 52.9. The molecule has 0 saturated carbocycles. The van der Waals surface area contributed by atoms with E-state index in [0.29, 0.717) is 19.4 Å². The van der Waals surface area contributed by atoms with Crippen LogP contribution in [0.25, 0.3) is 0 Å². The minimum Gasteiger partial charge on any atom is -0.462 e. The van der Waals surface area contributed by atoms with E-state index in [1.807, 2.05) is 0 Å². The van der Waals surface area contributed by atoms with Crippen molar-refractivity contribution < 1.29 is 23.8 Å². The lowest BCUT2D eigenvalue weighted by Crippen LogP contribution is -2.30. The van der Waals surface area contributed by atoms with Gasteiger partial charge < -0.3 is 14.2 Å². The molecule has 0 fully saturated rings. The Morgan fingerprint density at radius 1 is 0.371 bits per heavy atom. The first-order valence-electron chi connectivity index (χ1n) is 26.8. The molecule has 0 unspecified atom stereocenters. The van der Waals surface area contributed by atoms with Crippen molar-refractivity contribution in [3.8, 4) is 0 Å². The fraction of sp³-hybridized carbons (Fsp3) is 0.789. The summed E-state index contributed by atoms with van der Waals surface area (Å²) in [7, 11) is 0. The second-order valence-electron chi connectivity index (χ2n) is 17.8. The van der Waals surface area contributed by atoms with Gasteiger partial charge in [-0.15, -0.1) is 0 Å². The molecule has 0 heterocycles. The van der Waals surface area contributed by atoms with Gasteiger partial charge in [0.2, 0.25) is 0 Å². The maximum atomic E-state index is 12.8. The standard InChI is InChI=1S/C57H102O5/c1-4-7-10-13-16-19-22-25-28-31-34-37-40-43-46-49-52-60-53-55(62-57(59)51-48-45-42-39-36-33-30-27-24-21-18-15-12-9-6-3)54-61-56(58)50-47-44-41-38-35-32-29-26-23-20-17-14-11-8-5-2/h9,12,18,21,26-27,29-30,36,39,55H,4-8,10-11,13-17,19-20,22-25,28,31-35,37-38,40-54H2,1-3H3/b12-9-,21-18-,29-26-,30-27-,39-36-/t55-/m1/s1. The van der Waals surface area contributed by atoms with Crippen molar-refractivity contribution in [1.82, 2.24) is 0 Å². The van der Waals surface area contributed by atoms with Gasteiger partial charge in [-0.3, -0.25) is 9.59 Å². The molecule has 0 N–H and O–H groups in total. The molecule has 5 heteroatoms. The number of carbonyl (C=O) groups excluding carboxylic acids is 2. The highest BCUT2D eigenvalue weighted by Crippen LogP contribution is 2.15. The molecule has 0 aliphatic carbocycles. The van der Waals surface area contributed by atoms with Crippen molar-refractivity contribution in [2.24, 2.45) is 0 Å². The summed E-state index contributed by atoms with van der Waals surface area (Å²) in [5.74, 6) is -0.445. The number of hydrogen-bond donors (Lipinski definition) is 0. The van der Waals surface area contributed by atoms with Crippen molar-refractivity contribution in [2.45, 2.75) is 271 Å². The van der Waals surface area contributed by atoms with Crippen molar-refractivity contribution >= 4 is 11.9 Å². The topological polar surface area (TPSA) is 61.8 Å². The van der Waals surface area contributed by atoms with Crippen molar-refractivity contribution in [3.05, 3.63) is 60.8 Å².